The molecule has 0 amide bonds. The fourth-order valence-corrected chi connectivity index (χ4v) is 3.76. The number of rotatable bonds is 4. The zero-order chi connectivity index (χ0) is 18.8. The first-order valence-electron chi connectivity index (χ1n) is 8.96. The summed E-state index contributed by atoms with van der Waals surface area (Å²) >= 11 is 0. The van der Waals surface area contributed by atoms with Crippen molar-refractivity contribution in [3.05, 3.63) is 64.3 Å². The standard InChI is InChI=1S/C20H19N5O2/c21-13-14-5-3-9-22-18(14)24-10-4-8-17(24)19-23-16-7-2-1-6-15(16)20(27)25(19)11-12-26/h1-3,5-7,9,17,26H,4,8,10-12H2. The van der Waals surface area contributed by atoms with E-state index in [-0.39, 0.29) is 24.8 Å². The van der Waals surface area contributed by atoms with Gasteiger partial charge < -0.3 is 10.0 Å². The minimum absolute atomic E-state index is 0.146. The van der Waals surface area contributed by atoms with E-state index in [1.807, 2.05) is 23.1 Å². The van der Waals surface area contributed by atoms with E-state index in [2.05, 4.69) is 11.1 Å². The Morgan fingerprint density at radius 3 is 2.93 bits per heavy atom. The summed E-state index contributed by atoms with van der Waals surface area (Å²) in [5.74, 6) is 1.22. The number of aliphatic hydroxyl groups is 1. The Hall–Kier alpha value is -3.24. The van der Waals surface area contributed by atoms with Gasteiger partial charge in [0.2, 0.25) is 0 Å². The van der Waals surface area contributed by atoms with Crippen LogP contribution >= 0.6 is 0 Å². The zero-order valence-corrected chi connectivity index (χ0v) is 14.7. The van der Waals surface area contributed by atoms with E-state index in [0.717, 1.165) is 19.4 Å². The van der Waals surface area contributed by atoms with Gasteiger partial charge in [0, 0.05) is 12.7 Å². The molecule has 0 saturated carbocycles. The van der Waals surface area contributed by atoms with Crippen LogP contribution in [0.15, 0.2) is 47.4 Å². The van der Waals surface area contributed by atoms with Gasteiger partial charge in [-0.2, -0.15) is 5.26 Å². The molecule has 1 N–H and O–H groups in total. The second-order valence-electron chi connectivity index (χ2n) is 6.51. The van der Waals surface area contributed by atoms with Crippen molar-refractivity contribution in [1.29, 1.82) is 5.26 Å². The minimum Gasteiger partial charge on any atom is -0.395 e. The van der Waals surface area contributed by atoms with Crippen LogP contribution in [0.5, 0.6) is 0 Å². The molecule has 0 spiro atoms. The van der Waals surface area contributed by atoms with Gasteiger partial charge in [0.05, 0.1) is 35.7 Å². The Kier molecular flexibility index (Phi) is 4.57. The quantitative estimate of drug-likeness (QED) is 0.764. The van der Waals surface area contributed by atoms with Crippen molar-refractivity contribution in [2.75, 3.05) is 18.1 Å². The van der Waals surface area contributed by atoms with Crippen molar-refractivity contribution in [2.24, 2.45) is 0 Å². The van der Waals surface area contributed by atoms with Crippen LogP contribution in [-0.4, -0.2) is 32.8 Å². The molecule has 1 aliphatic rings. The first-order valence-corrected chi connectivity index (χ1v) is 8.96. The maximum absolute atomic E-state index is 13.0. The molecule has 1 aliphatic heterocycles. The SMILES string of the molecule is N#Cc1cccnc1N1CCCC1c1nc2ccccc2c(=O)n1CCO. The summed E-state index contributed by atoms with van der Waals surface area (Å²) in [5, 5.41) is 19.5. The van der Waals surface area contributed by atoms with Gasteiger partial charge in [0.25, 0.3) is 5.56 Å². The van der Waals surface area contributed by atoms with Crippen LogP contribution in [0.1, 0.15) is 30.3 Å². The normalized spacial score (nSPS) is 16.6. The smallest absolute Gasteiger partial charge is 0.261 e. The van der Waals surface area contributed by atoms with Gasteiger partial charge in [-0.25, -0.2) is 9.97 Å². The molecule has 136 valence electrons. The Balaban J connectivity index is 1.89. The third-order valence-corrected chi connectivity index (χ3v) is 4.94. The highest BCUT2D eigenvalue weighted by Crippen LogP contribution is 2.35. The minimum atomic E-state index is -0.171. The van der Waals surface area contributed by atoms with Crippen molar-refractivity contribution < 1.29 is 5.11 Å². The topological polar surface area (TPSA) is 95.0 Å². The number of aromatic nitrogens is 3. The van der Waals surface area contributed by atoms with Gasteiger partial charge >= 0.3 is 0 Å². The van der Waals surface area contributed by atoms with Crippen LogP contribution < -0.4 is 10.5 Å². The van der Waals surface area contributed by atoms with Gasteiger partial charge in [-0.3, -0.25) is 9.36 Å². The molecule has 7 heteroatoms. The molecule has 2 aromatic heterocycles. The van der Waals surface area contributed by atoms with Gasteiger partial charge in [0.15, 0.2) is 0 Å². The molecule has 3 aromatic rings. The van der Waals surface area contributed by atoms with Crippen molar-refractivity contribution in [2.45, 2.75) is 25.4 Å². The molecular weight excluding hydrogens is 342 g/mol. The lowest BCUT2D eigenvalue weighted by atomic mass is 10.1. The molecule has 1 unspecified atom stereocenters. The molecule has 1 saturated heterocycles. The summed E-state index contributed by atoms with van der Waals surface area (Å²) in [6.07, 6.45) is 3.38. The third kappa shape index (κ3) is 2.94. The highest BCUT2D eigenvalue weighted by Gasteiger charge is 2.32. The molecule has 0 bridgehead atoms. The molecule has 0 radical (unpaired) electrons. The van der Waals surface area contributed by atoms with Crippen LogP contribution in [0.4, 0.5) is 5.82 Å². The molecule has 7 nitrogen and oxygen atoms in total. The fraction of sp³-hybridized carbons (Fsp3) is 0.300. The van der Waals surface area contributed by atoms with Crippen molar-refractivity contribution >= 4 is 16.7 Å². The maximum Gasteiger partial charge on any atom is 0.261 e. The number of pyridine rings is 1. The van der Waals surface area contributed by atoms with Crippen molar-refractivity contribution in [3.63, 3.8) is 0 Å². The Morgan fingerprint density at radius 1 is 1.26 bits per heavy atom. The van der Waals surface area contributed by atoms with E-state index in [4.69, 9.17) is 4.98 Å². The number of hydrogen-bond acceptors (Lipinski definition) is 6. The lowest BCUT2D eigenvalue weighted by Gasteiger charge is -2.28. The summed E-state index contributed by atoms with van der Waals surface area (Å²) in [7, 11) is 0. The highest BCUT2D eigenvalue weighted by molar-refractivity contribution is 5.77. The number of benzene rings is 1. The molecule has 1 fully saturated rings. The first kappa shape index (κ1) is 17.2. The van der Waals surface area contributed by atoms with E-state index in [1.54, 1.807) is 29.0 Å². The van der Waals surface area contributed by atoms with E-state index >= 15 is 0 Å². The summed E-state index contributed by atoms with van der Waals surface area (Å²) in [5.41, 5.74) is 0.985. The van der Waals surface area contributed by atoms with E-state index in [9.17, 15) is 15.2 Å². The Morgan fingerprint density at radius 2 is 2.11 bits per heavy atom. The summed E-state index contributed by atoms with van der Waals surface area (Å²) in [6.45, 7) is 0.772. The highest BCUT2D eigenvalue weighted by atomic mass is 16.3. The molecule has 3 heterocycles. The predicted molar refractivity (Wildman–Crippen MR) is 101 cm³/mol. The van der Waals surface area contributed by atoms with Crippen LogP contribution in [0.2, 0.25) is 0 Å². The van der Waals surface area contributed by atoms with Gasteiger partial charge in [-0.05, 0) is 37.1 Å². The Labute approximate surface area is 156 Å². The predicted octanol–water partition coefficient (Wildman–Crippen LogP) is 2.00. The van der Waals surface area contributed by atoms with E-state index < -0.39 is 0 Å². The number of hydrogen-bond donors (Lipinski definition) is 1. The Bertz CT molecular complexity index is 1090. The molecular formula is C20H19N5O2. The fourth-order valence-electron chi connectivity index (χ4n) is 3.76. The second kappa shape index (κ2) is 7.17. The summed E-state index contributed by atoms with van der Waals surface area (Å²) < 4.78 is 1.56. The lowest BCUT2D eigenvalue weighted by Crippen LogP contribution is -2.33. The van der Waals surface area contributed by atoms with Gasteiger partial charge in [-0.15, -0.1) is 0 Å². The molecule has 1 atom stereocenters. The monoisotopic (exact) mass is 361 g/mol. The van der Waals surface area contributed by atoms with E-state index in [1.165, 1.54) is 0 Å². The molecule has 4 rings (SSSR count). The number of nitriles is 1. The van der Waals surface area contributed by atoms with Crippen LogP contribution in [0.3, 0.4) is 0 Å². The van der Waals surface area contributed by atoms with E-state index in [0.29, 0.717) is 28.1 Å². The summed E-state index contributed by atoms with van der Waals surface area (Å²) in [6, 6.07) is 12.7. The van der Waals surface area contributed by atoms with Crippen LogP contribution in [0.25, 0.3) is 10.9 Å². The van der Waals surface area contributed by atoms with Crippen LogP contribution in [-0.2, 0) is 6.54 Å². The lowest BCUT2D eigenvalue weighted by molar-refractivity contribution is 0.270. The van der Waals surface area contributed by atoms with Crippen LogP contribution in [0, 0.1) is 11.3 Å². The first-order chi connectivity index (χ1) is 13.2. The third-order valence-electron chi connectivity index (χ3n) is 4.94. The number of nitrogens with zero attached hydrogens (tertiary/aromatic N) is 5. The number of aliphatic hydroxyl groups excluding tert-OH is 1. The van der Waals surface area contributed by atoms with Crippen molar-refractivity contribution in [3.8, 4) is 6.07 Å². The molecule has 0 aliphatic carbocycles. The number of anilines is 1. The van der Waals surface area contributed by atoms with Crippen molar-refractivity contribution in [1.82, 2.24) is 14.5 Å². The number of fused-ring (bicyclic) bond motifs is 1. The van der Waals surface area contributed by atoms with Gasteiger partial charge in [0.1, 0.15) is 17.7 Å². The number of para-hydroxylation sites is 1. The summed E-state index contributed by atoms with van der Waals surface area (Å²) in [4.78, 5) is 24.2. The zero-order valence-electron chi connectivity index (χ0n) is 14.7. The maximum atomic E-state index is 13.0. The molecule has 27 heavy (non-hydrogen) atoms. The van der Waals surface area contributed by atoms with Gasteiger partial charge in [-0.1, -0.05) is 12.1 Å². The average Bonchev–Trinajstić information content (AvgIpc) is 3.19. The second-order valence-corrected chi connectivity index (χ2v) is 6.51. The molecule has 1 aromatic carbocycles. The average molecular weight is 361 g/mol. The largest absolute Gasteiger partial charge is 0.395 e.